The summed E-state index contributed by atoms with van der Waals surface area (Å²) in [6, 6.07) is 0.0535. The van der Waals surface area contributed by atoms with Gasteiger partial charge in [-0.15, -0.1) is 0 Å². The summed E-state index contributed by atoms with van der Waals surface area (Å²) < 4.78 is 11.3. The summed E-state index contributed by atoms with van der Waals surface area (Å²) in [6.45, 7) is 0. The first-order valence-corrected chi connectivity index (χ1v) is 8.61. The second kappa shape index (κ2) is 5.31. The Morgan fingerprint density at radius 1 is 1.10 bits per heavy atom. The van der Waals surface area contributed by atoms with Gasteiger partial charge in [0.25, 0.3) is 0 Å². The van der Waals surface area contributed by atoms with Crippen molar-refractivity contribution in [3.05, 3.63) is 12.2 Å². The van der Waals surface area contributed by atoms with Gasteiger partial charge in [0.1, 0.15) is 0 Å². The summed E-state index contributed by atoms with van der Waals surface area (Å²) in [6.07, 6.45) is 6.17. The molecule has 3 aliphatic rings. The number of aliphatic carboxylic acids is 1. The van der Waals surface area contributed by atoms with Crippen LogP contribution in [0.2, 0.25) is 0 Å². The Bertz CT molecular complexity index is 480. The van der Waals surface area contributed by atoms with E-state index in [0.717, 1.165) is 19.3 Å². The van der Waals surface area contributed by atoms with E-state index in [4.69, 9.17) is 0 Å². The van der Waals surface area contributed by atoms with E-state index in [-0.39, 0.29) is 23.8 Å². The Labute approximate surface area is 120 Å². The third kappa shape index (κ3) is 2.41. The molecule has 0 radical (unpaired) electrons. The fourth-order valence-corrected chi connectivity index (χ4v) is 5.05. The van der Waals surface area contributed by atoms with E-state index in [1.165, 1.54) is 0 Å². The molecule has 1 saturated heterocycles. The lowest BCUT2D eigenvalue weighted by molar-refractivity contribution is -0.148. The van der Waals surface area contributed by atoms with Crippen LogP contribution in [0.25, 0.3) is 0 Å². The van der Waals surface area contributed by atoms with Crippen LogP contribution in [-0.2, 0) is 20.4 Å². The van der Waals surface area contributed by atoms with E-state index in [1.54, 1.807) is 0 Å². The lowest BCUT2D eigenvalue weighted by atomic mass is 9.82. The summed E-state index contributed by atoms with van der Waals surface area (Å²) in [5.41, 5.74) is 0. The van der Waals surface area contributed by atoms with Crippen LogP contribution >= 0.6 is 0 Å². The molecule has 2 N–H and O–H groups in total. The number of amides is 1. The molecule has 2 fully saturated rings. The molecule has 0 aromatic rings. The second-order valence-electron chi connectivity index (χ2n) is 5.97. The van der Waals surface area contributed by atoms with Crippen molar-refractivity contribution in [1.82, 2.24) is 5.32 Å². The van der Waals surface area contributed by atoms with Crippen LogP contribution in [0.1, 0.15) is 19.3 Å². The first-order chi connectivity index (χ1) is 9.56. The number of carbonyl (C=O) groups is 2. The standard InChI is InChI=1S/C14H19NO4S/c16-13(15-10-3-5-20(19)6-4-10)11-8-1-2-9(7-8)12(11)14(17)18/h1-2,8-12H,3-7H2,(H,15,16)(H,17,18). The highest BCUT2D eigenvalue weighted by atomic mass is 32.2. The first-order valence-electron chi connectivity index (χ1n) is 7.12. The van der Waals surface area contributed by atoms with Gasteiger partial charge < -0.3 is 10.4 Å². The SMILES string of the molecule is O=C(O)C1C2C=CC(C2)C1C(=O)NC1CCS(=O)CC1. The Morgan fingerprint density at radius 3 is 2.30 bits per heavy atom. The Balaban J connectivity index is 1.66. The molecule has 5 nitrogen and oxygen atoms in total. The van der Waals surface area contributed by atoms with Crippen molar-refractivity contribution in [1.29, 1.82) is 0 Å². The number of carbonyl (C=O) groups excluding carboxylic acids is 1. The summed E-state index contributed by atoms with van der Waals surface area (Å²) >= 11 is 0. The molecule has 3 rings (SSSR count). The Kier molecular flexibility index (Phi) is 3.67. The van der Waals surface area contributed by atoms with Crippen molar-refractivity contribution in [2.75, 3.05) is 11.5 Å². The number of hydrogen-bond acceptors (Lipinski definition) is 3. The topological polar surface area (TPSA) is 83.5 Å². The van der Waals surface area contributed by atoms with E-state index in [9.17, 15) is 18.9 Å². The van der Waals surface area contributed by atoms with Crippen molar-refractivity contribution in [3.63, 3.8) is 0 Å². The lowest BCUT2D eigenvalue weighted by Crippen LogP contribution is -2.46. The number of nitrogens with one attached hydrogen (secondary N) is 1. The predicted molar refractivity (Wildman–Crippen MR) is 74.4 cm³/mol. The summed E-state index contributed by atoms with van der Waals surface area (Å²) in [5.74, 6) is -0.685. The van der Waals surface area contributed by atoms with E-state index in [0.29, 0.717) is 11.5 Å². The maximum Gasteiger partial charge on any atom is 0.307 e. The molecule has 20 heavy (non-hydrogen) atoms. The van der Waals surface area contributed by atoms with Crippen molar-refractivity contribution >= 4 is 22.7 Å². The molecule has 4 unspecified atom stereocenters. The summed E-state index contributed by atoms with van der Waals surface area (Å²) in [4.78, 5) is 23.8. The van der Waals surface area contributed by atoms with Crippen LogP contribution in [0, 0.1) is 23.7 Å². The average molecular weight is 297 g/mol. The molecule has 0 aromatic heterocycles. The van der Waals surface area contributed by atoms with Gasteiger partial charge in [0.15, 0.2) is 0 Å². The highest BCUT2D eigenvalue weighted by Gasteiger charge is 2.51. The third-order valence-corrected chi connectivity index (χ3v) is 6.16. The van der Waals surface area contributed by atoms with Gasteiger partial charge in [0.05, 0.1) is 11.8 Å². The van der Waals surface area contributed by atoms with Gasteiger partial charge in [-0.1, -0.05) is 12.2 Å². The number of fused-ring (bicyclic) bond motifs is 2. The number of carboxylic acids is 1. The minimum Gasteiger partial charge on any atom is -0.481 e. The highest BCUT2D eigenvalue weighted by molar-refractivity contribution is 7.85. The zero-order chi connectivity index (χ0) is 14.3. The number of rotatable bonds is 3. The van der Waals surface area contributed by atoms with Crippen LogP contribution in [-0.4, -0.2) is 38.7 Å². The molecule has 1 aliphatic heterocycles. The predicted octanol–water partition coefficient (Wildman–Crippen LogP) is 0.537. The molecule has 0 aromatic carbocycles. The third-order valence-electron chi connectivity index (χ3n) is 4.78. The van der Waals surface area contributed by atoms with Crippen LogP contribution in [0.15, 0.2) is 12.2 Å². The Hall–Kier alpha value is -1.17. The smallest absolute Gasteiger partial charge is 0.307 e. The Morgan fingerprint density at radius 2 is 1.70 bits per heavy atom. The van der Waals surface area contributed by atoms with E-state index in [2.05, 4.69) is 5.32 Å². The summed E-state index contributed by atoms with van der Waals surface area (Å²) in [5, 5.41) is 12.3. The second-order valence-corrected chi connectivity index (χ2v) is 7.67. The van der Waals surface area contributed by atoms with Crippen LogP contribution in [0.5, 0.6) is 0 Å². The van der Waals surface area contributed by atoms with Gasteiger partial charge in [-0.05, 0) is 31.1 Å². The van der Waals surface area contributed by atoms with Gasteiger partial charge in [-0.2, -0.15) is 0 Å². The number of hydrogen-bond donors (Lipinski definition) is 2. The maximum absolute atomic E-state index is 12.4. The zero-order valence-corrected chi connectivity index (χ0v) is 12.0. The van der Waals surface area contributed by atoms with Gasteiger partial charge in [0.2, 0.25) is 5.91 Å². The fraction of sp³-hybridized carbons (Fsp3) is 0.714. The summed E-state index contributed by atoms with van der Waals surface area (Å²) in [7, 11) is -0.750. The fourth-order valence-electron chi connectivity index (χ4n) is 3.75. The van der Waals surface area contributed by atoms with Crippen LogP contribution < -0.4 is 5.32 Å². The maximum atomic E-state index is 12.4. The van der Waals surface area contributed by atoms with Crippen molar-refractivity contribution in [2.45, 2.75) is 25.3 Å². The molecule has 2 bridgehead atoms. The number of carboxylic acid groups (broad SMARTS) is 1. The minimum absolute atomic E-state index is 0.00658. The van der Waals surface area contributed by atoms with Crippen molar-refractivity contribution in [2.24, 2.45) is 23.7 Å². The van der Waals surface area contributed by atoms with Gasteiger partial charge in [0, 0.05) is 28.3 Å². The van der Waals surface area contributed by atoms with Crippen LogP contribution in [0.4, 0.5) is 0 Å². The molecule has 0 spiro atoms. The molecule has 4 atom stereocenters. The van der Waals surface area contributed by atoms with E-state index >= 15 is 0 Å². The quantitative estimate of drug-likeness (QED) is 0.745. The van der Waals surface area contributed by atoms with Crippen molar-refractivity contribution < 1.29 is 18.9 Å². The largest absolute Gasteiger partial charge is 0.481 e. The molecular weight excluding hydrogens is 278 g/mol. The van der Waals surface area contributed by atoms with Crippen molar-refractivity contribution in [3.8, 4) is 0 Å². The monoisotopic (exact) mass is 297 g/mol. The molecule has 6 heteroatoms. The van der Waals surface area contributed by atoms with E-state index < -0.39 is 28.6 Å². The first kappa shape index (κ1) is 13.8. The molecule has 1 amide bonds. The molecular formula is C14H19NO4S. The molecule has 1 heterocycles. The van der Waals surface area contributed by atoms with E-state index in [1.807, 2.05) is 12.2 Å². The highest BCUT2D eigenvalue weighted by Crippen LogP contribution is 2.48. The zero-order valence-electron chi connectivity index (χ0n) is 11.2. The minimum atomic E-state index is -0.869. The van der Waals surface area contributed by atoms with Gasteiger partial charge in [-0.3, -0.25) is 13.8 Å². The van der Waals surface area contributed by atoms with Gasteiger partial charge >= 0.3 is 5.97 Å². The number of allylic oxidation sites excluding steroid dienone is 2. The lowest BCUT2D eigenvalue weighted by Gasteiger charge is -2.28. The normalized spacial score (nSPS) is 42.6. The molecule has 110 valence electrons. The van der Waals surface area contributed by atoms with Crippen LogP contribution in [0.3, 0.4) is 0 Å². The molecule has 1 saturated carbocycles. The molecule has 2 aliphatic carbocycles. The van der Waals surface area contributed by atoms with Gasteiger partial charge in [-0.25, -0.2) is 0 Å². The average Bonchev–Trinajstić information content (AvgIpc) is 3.01.